The Balaban J connectivity index is 2.47. The average molecular weight is 385 g/mol. The average Bonchev–Trinajstić information content (AvgIpc) is 2.65. The zero-order valence-corrected chi connectivity index (χ0v) is 19.1. The molecule has 1 aromatic carbocycles. The summed E-state index contributed by atoms with van der Waals surface area (Å²) >= 11 is 0. The second kappa shape index (κ2) is 10.3. The van der Waals surface area contributed by atoms with E-state index in [2.05, 4.69) is 88.9 Å². The molecule has 0 bridgehead atoms. The van der Waals surface area contributed by atoms with Crippen molar-refractivity contribution in [1.82, 2.24) is 9.80 Å². The number of hydrogen-bond acceptors (Lipinski definition) is 3. The largest absolute Gasteiger partial charge is 0.492 e. The first-order valence-corrected chi connectivity index (χ1v) is 10.8. The Kier molecular flexibility index (Phi) is 8.33. The molecule has 3 heteroatoms. The van der Waals surface area contributed by atoms with Gasteiger partial charge in [-0.25, -0.2) is 0 Å². The topological polar surface area (TPSA) is 15.7 Å². The van der Waals surface area contributed by atoms with Gasteiger partial charge in [-0.15, -0.1) is 0 Å². The van der Waals surface area contributed by atoms with E-state index in [1.165, 1.54) is 22.3 Å². The molecule has 0 saturated carbocycles. The van der Waals surface area contributed by atoms with Crippen LogP contribution in [0, 0.1) is 0 Å². The maximum atomic E-state index is 6.25. The van der Waals surface area contributed by atoms with Gasteiger partial charge in [0, 0.05) is 18.7 Å². The van der Waals surface area contributed by atoms with Crippen molar-refractivity contribution >= 4 is 5.57 Å². The molecular formula is C25H40N2O. The first kappa shape index (κ1) is 22.7. The first-order chi connectivity index (χ1) is 13.3. The minimum absolute atomic E-state index is 0.120. The van der Waals surface area contributed by atoms with Gasteiger partial charge in [0.25, 0.3) is 0 Å². The minimum Gasteiger partial charge on any atom is -0.492 e. The quantitative estimate of drug-likeness (QED) is 0.569. The molecule has 156 valence electrons. The molecule has 0 N–H and O–H groups in total. The number of benzene rings is 1. The van der Waals surface area contributed by atoms with E-state index in [1.54, 1.807) is 0 Å². The van der Waals surface area contributed by atoms with Crippen molar-refractivity contribution in [3.05, 3.63) is 47.1 Å². The predicted octanol–water partition coefficient (Wildman–Crippen LogP) is 5.37. The molecule has 1 aliphatic carbocycles. The van der Waals surface area contributed by atoms with E-state index in [0.717, 1.165) is 44.8 Å². The van der Waals surface area contributed by atoms with Crippen LogP contribution in [0.25, 0.3) is 5.57 Å². The molecule has 0 amide bonds. The second-order valence-electron chi connectivity index (χ2n) is 9.03. The van der Waals surface area contributed by atoms with Gasteiger partial charge in [-0.05, 0) is 74.3 Å². The van der Waals surface area contributed by atoms with Crippen LogP contribution in [-0.2, 0) is 5.41 Å². The maximum absolute atomic E-state index is 6.25. The van der Waals surface area contributed by atoms with Crippen LogP contribution in [0.1, 0.15) is 58.6 Å². The second-order valence-corrected chi connectivity index (χ2v) is 9.03. The molecule has 1 aliphatic rings. The highest BCUT2D eigenvalue weighted by molar-refractivity contribution is 5.81. The molecule has 0 aliphatic heterocycles. The third-order valence-corrected chi connectivity index (χ3v) is 5.52. The van der Waals surface area contributed by atoms with Gasteiger partial charge in [0.1, 0.15) is 12.4 Å². The smallest absolute Gasteiger partial charge is 0.127 e. The van der Waals surface area contributed by atoms with Crippen molar-refractivity contribution < 1.29 is 4.74 Å². The van der Waals surface area contributed by atoms with Crippen molar-refractivity contribution in [3.63, 3.8) is 0 Å². The highest BCUT2D eigenvalue weighted by Crippen LogP contribution is 2.37. The van der Waals surface area contributed by atoms with E-state index in [-0.39, 0.29) is 5.41 Å². The van der Waals surface area contributed by atoms with E-state index in [9.17, 15) is 0 Å². The van der Waals surface area contributed by atoms with Crippen molar-refractivity contribution in [2.75, 3.05) is 46.9 Å². The van der Waals surface area contributed by atoms with Gasteiger partial charge >= 0.3 is 0 Å². The lowest BCUT2D eigenvalue weighted by molar-refractivity contribution is 0.260. The molecule has 3 nitrogen and oxygen atoms in total. The molecule has 0 unspecified atom stereocenters. The summed E-state index contributed by atoms with van der Waals surface area (Å²) in [4.78, 5) is 4.67. The summed E-state index contributed by atoms with van der Waals surface area (Å²) in [5.41, 5.74) is 5.63. The Morgan fingerprint density at radius 2 is 1.79 bits per heavy atom. The Hall–Kier alpha value is -1.58. The summed E-state index contributed by atoms with van der Waals surface area (Å²) in [5, 5.41) is 0. The molecular weight excluding hydrogens is 344 g/mol. The Morgan fingerprint density at radius 3 is 2.39 bits per heavy atom. The maximum Gasteiger partial charge on any atom is 0.127 e. The molecule has 1 aromatic rings. The standard InChI is InChI=1S/C25H40N2O/c1-8-27(9-2)19-20-12-10-11-13-22(20)23-18-21(25(3,4)5)14-15-24(23)28-17-16-26(6)7/h11,13-15,18H,8-10,12,16-17,19H2,1-7H3. The van der Waals surface area contributed by atoms with E-state index in [4.69, 9.17) is 4.74 Å². The van der Waals surface area contributed by atoms with Crippen molar-refractivity contribution in [2.45, 2.75) is 52.9 Å². The van der Waals surface area contributed by atoms with Gasteiger partial charge < -0.3 is 9.64 Å². The summed E-state index contributed by atoms with van der Waals surface area (Å²) in [6, 6.07) is 6.76. The zero-order valence-electron chi connectivity index (χ0n) is 19.1. The molecule has 0 atom stereocenters. The van der Waals surface area contributed by atoms with Crippen LogP contribution < -0.4 is 4.74 Å². The summed E-state index contributed by atoms with van der Waals surface area (Å²) in [5.74, 6) is 1.01. The highest BCUT2D eigenvalue weighted by Gasteiger charge is 2.20. The van der Waals surface area contributed by atoms with Crippen LogP contribution >= 0.6 is 0 Å². The molecule has 0 heterocycles. The lowest BCUT2D eigenvalue weighted by atomic mass is 9.83. The third-order valence-electron chi connectivity index (χ3n) is 5.52. The summed E-state index contributed by atoms with van der Waals surface area (Å²) < 4.78 is 6.25. The molecule has 2 rings (SSSR count). The summed E-state index contributed by atoms with van der Waals surface area (Å²) in [7, 11) is 4.17. The predicted molar refractivity (Wildman–Crippen MR) is 122 cm³/mol. The molecule has 0 saturated heterocycles. The summed E-state index contributed by atoms with van der Waals surface area (Å²) in [6.07, 6.45) is 6.91. The number of allylic oxidation sites excluding steroid dienone is 3. The van der Waals surface area contributed by atoms with Crippen LogP contribution in [0.5, 0.6) is 5.75 Å². The first-order valence-electron chi connectivity index (χ1n) is 10.8. The van der Waals surface area contributed by atoms with Crippen LogP contribution in [0.3, 0.4) is 0 Å². The fraction of sp³-hybridized carbons (Fsp3) is 0.600. The number of ether oxygens (including phenoxy) is 1. The van der Waals surface area contributed by atoms with E-state index < -0.39 is 0 Å². The van der Waals surface area contributed by atoms with Gasteiger partial charge in [0.15, 0.2) is 0 Å². The number of rotatable bonds is 9. The molecule has 0 radical (unpaired) electrons. The van der Waals surface area contributed by atoms with E-state index >= 15 is 0 Å². The Labute approximate surface area is 173 Å². The van der Waals surface area contributed by atoms with Gasteiger partial charge in [0.2, 0.25) is 0 Å². The zero-order chi connectivity index (χ0) is 20.7. The molecule has 28 heavy (non-hydrogen) atoms. The van der Waals surface area contributed by atoms with Crippen LogP contribution in [0.2, 0.25) is 0 Å². The van der Waals surface area contributed by atoms with Gasteiger partial charge in [-0.3, -0.25) is 4.90 Å². The van der Waals surface area contributed by atoms with Crippen molar-refractivity contribution in [1.29, 1.82) is 0 Å². The molecule has 0 fully saturated rings. The van der Waals surface area contributed by atoms with Crippen LogP contribution in [0.4, 0.5) is 0 Å². The van der Waals surface area contributed by atoms with Crippen molar-refractivity contribution in [3.8, 4) is 5.75 Å². The SMILES string of the molecule is CCN(CC)CC1=C(c2cc(C(C)(C)C)ccc2OCCN(C)C)C=CCC1. The fourth-order valence-corrected chi connectivity index (χ4v) is 3.54. The highest BCUT2D eigenvalue weighted by atomic mass is 16.5. The van der Waals surface area contributed by atoms with Gasteiger partial charge in [0.05, 0.1) is 0 Å². The summed E-state index contributed by atoms with van der Waals surface area (Å²) in [6.45, 7) is 16.2. The molecule has 0 spiro atoms. The number of likely N-dealkylation sites (N-methyl/N-ethyl adjacent to an activating group) is 2. The van der Waals surface area contributed by atoms with Crippen LogP contribution in [0.15, 0.2) is 35.9 Å². The third kappa shape index (κ3) is 6.22. The molecule has 0 aromatic heterocycles. The Morgan fingerprint density at radius 1 is 1.07 bits per heavy atom. The lowest BCUT2D eigenvalue weighted by Gasteiger charge is -2.26. The lowest BCUT2D eigenvalue weighted by Crippen LogP contribution is -2.26. The minimum atomic E-state index is 0.120. The van der Waals surface area contributed by atoms with Gasteiger partial charge in [-0.1, -0.05) is 52.8 Å². The number of nitrogens with zero attached hydrogens (tertiary/aromatic N) is 2. The van der Waals surface area contributed by atoms with Crippen LogP contribution in [-0.4, -0.2) is 56.7 Å². The number of hydrogen-bond donors (Lipinski definition) is 0. The van der Waals surface area contributed by atoms with E-state index in [0.29, 0.717) is 6.61 Å². The monoisotopic (exact) mass is 384 g/mol. The van der Waals surface area contributed by atoms with Gasteiger partial charge in [-0.2, -0.15) is 0 Å². The van der Waals surface area contributed by atoms with Crippen molar-refractivity contribution in [2.24, 2.45) is 0 Å². The Bertz CT molecular complexity index is 691. The normalized spacial score (nSPS) is 15.0. The fourth-order valence-electron chi connectivity index (χ4n) is 3.54. The van der Waals surface area contributed by atoms with E-state index in [1.807, 2.05) is 0 Å².